The molecule has 7 N–H and O–H groups in total. The molecule has 0 aliphatic heterocycles. The van der Waals surface area contributed by atoms with Crippen molar-refractivity contribution in [3.8, 4) is 11.1 Å². The normalized spacial score (nSPS) is 11.6. The number of hydrogen-bond donors (Lipinski definition) is 5. The molecule has 0 atom stereocenters. The van der Waals surface area contributed by atoms with Gasteiger partial charge in [-0.2, -0.15) is 0 Å². The summed E-state index contributed by atoms with van der Waals surface area (Å²) in [6.45, 7) is 0.353. The van der Waals surface area contributed by atoms with Gasteiger partial charge in [-0.3, -0.25) is 5.84 Å². The van der Waals surface area contributed by atoms with E-state index in [4.69, 9.17) is 39.9 Å². The van der Waals surface area contributed by atoms with Gasteiger partial charge in [0.2, 0.25) is 0 Å². The molecule has 0 unspecified atom stereocenters. The number of carboxylic acids is 1. The van der Waals surface area contributed by atoms with Crippen LogP contribution in [0.2, 0.25) is 10.0 Å². The second kappa shape index (κ2) is 7.92. The molecule has 0 aliphatic carbocycles. The number of aliphatic carboxylic acids is 1. The quantitative estimate of drug-likeness (QED) is 0.304. The summed E-state index contributed by atoms with van der Waals surface area (Å²) in [5.74, 6) is 3.84. The smallest absolute Gasteiger partial charge is 0.357 e. The molecule has 2 aromatic rings. The van der Waals surface area contributed by atoms with E-state index < -0.39 is 5.97 Å². The van der Waals surface area contributed by atoms with Gasteiger partial charge in [-0.05, 0) is 28.8 Å². The molecule has 0 heterocycles. The Morgan fingerprint density at radius 3 is 2.21 bits per heavy atom. The minimum Gasteiger partial charge on any atom is -0.476 e. The SMILES string of the molecule is NN/C(C(=O)O)=C(\N)NCc1ccc(-c2ccc(Cl)c(Cl)c2)cc1. The minimum absolute atomic E-state index is 0.0430. The third-order valence-corrected chi connectivity index (χ3v) is 4.06. The molecule has 8 heteroatoms. The molecule has 0 amide bonds. The van der Waals surface area contributed by atoms with Crippen LogP contribution in [-0.4, -0.2) is 11.1 Å². The molecule has 6 nitrogen and oxygen atoms in total. The topological polar surface area (TPSA) is 113 Å². The Hall–Kier alpha value is -2.41. The van der Waals surface area contributed by atoms with Gasteiger partial charge in [0, 0.05) is 6.54 Å². The Labute approximate surface area is 149 Å². The number of benzene rings is 2. The van der Waals surface area contributed by atoms with Crippen LogP contribution in [0.1, 0.15) is 5.56 Å². The van der Waals surface area contributed by atoms with Crippen LogP contribution in [0.15, 0.2) is 54.0 Å². The zero-order valence-electron chi connectivity index (χ0n) is 12.5. The summed E-state index contributed by atoms with van der Waals surface area (Å²) in [6.07, 6.45) is 0. The van der Waals surface area contributed by atoms with Gasteiger partial charge in [0.15, 0.2) is 5.70 Å². The summed E-state index contributed by atoms with van der Waals surface area (Å²) in [4.78, 5) is 10.9. The van der Waals surface area contributed by atoms with E-state index in [2.05, 4.69) is 5.32 Å². The Morgan fingerprint density at radius 1 is 1.04 bits per heavy atom. The summed E-state index contributed by atoms with van der Waals surface area (Å²) in [5.41, 5.74) is 10.3. The van der Waals surface area contributed by atoms with Crippen molar-refractivity contribution < 1.29 is 9.90 Å². The lowest BCUT2D eigenvalue weighted by Gasteiger charge is -2.11. The van der Waals surface area contributed by atoms with Crippen LogP contribution >= 0.6 is 23.2 Å². The standard InChI is InChI=1S/C16H16Cl2N4O2/c17-12-6-5-11(7-13(12)18)10-3-1-9(2-4-10)8-21-15(19)14(22-20)16(23)24/h1-7,21-22H,8,19-20H2,(H,23,24)/b15-14+. The van der Waals surface area contributed by atoms with Crippen LogP contribution in [0.5, 0.6) is 0 Å². The first kappa shape index (κ1) is 17.9. The van der Waals surface area contributed by atoms with Gasteiger partial charge >= 0.3 is 5.97 Å². The summed E-state index contributed by atoms with van der Waals surface area (Å²) in [5, 5.41) is 12.7. The Balaban J connectivity index is 2.10. The Morgan fingerprint density at radius 2 is 1.67 bits per heavy atom. The number of rotatable bonds is 6. The number of hydrogen-bond acceptors (Lipinski definition) is 5. The molecular weight excluding hydrogens is 351 g/mol. The Bertz CT molecular complexity index is 776. The highest BCUT2D eigenvalue weighted by atomic mass is 35.5. The fraction of sp³-hybridized carbons (Fsp3) is 0.0625. The summed E-state index contributed by atoms with van der Waals surface area (Å²) >= 11 is 11.9. The van der Waals surface area contributed by atoms with Crippen molar-refractivity contribution in [1.29, 1.82) is 0 Å². The number of halogens is 2. The van der Waals surface area contributed by atoms with Gasteiger partial charge in [0.25, 0.3) is 0 Å². The lowest BCUT2D eigenvalue weighted by Crippen LogP contribution is -2.34. The molecule has 0 bridgehead atoms. The molecule has 0 saturated heterocycles. The van der Waals surface area contributed by atoms with Crippen LogP contribution in [0.3, 0.4) is 0 Å². The number of carbonyl (C=O) groups is 1. The summed E-state index contributed by atoms with van der Waals surface area (Å²) in [7, 11) is 0. The molecule has 0 fully saturated rings. The molecule has 24 heavy (non-hydrogen) atoms. The molecule has 0 saturated carbocycles. The number of carboxylic acid groups (broad SMARTS) is 1. The van der Waals surface area contributed by atoms with Crippen molar-refractivity contribution in [2.45, 2.75) is 6.54 Å². The molecule has 0 radical (unpaired) electrons. The highest BCUT2D eigenvalue weighted by Gasteiger charge is 2.10. The zero-order valence-corrected chi connectivity index (χ0v) is 14.0. The van der Waals surface area contributed by atoms with E-state index in [1.807, 2.05) is 35.8 Å². The van der Waals surface area contributed by atoms with E-state index in [1.54, 1.807) is 12.1 Å². The second-order valence-electron chi connectivity index (χ2n) is 4.92. The van der Waals surface area contributed by atoms with Crippen LogP contribution in [-0.2, 0) is 11.3 Å². The van der Waals surface area contributed by atoms with E-state index in [1.165, 1.54) is 0 Å². The van der Waals surface area contributed by atoms with Crippen molar-refractivity contribution in [1.82, 2.24) is 10.7 Å². The first-order valence-electron chi connectivity index (χ1n) is 6.90. The monoisotopic (exact) mass is 366 g/mol. The first-order chi connectivity index (χ1) is 11.4. The predicted octanol–water partition coefficient (Wildman–Crippen LogP) is 2.43. The maximum Gasteiger partial charge on any atom is 0.357 e. The molecule has 126 valence electrons. The predicted molar refractivity (Wildman–Crippen MR) is 94.9 cm³/mol. The number of nitrogens with one attached hydrogen (secondary N) is 2. The first-order valence-corrected chi connectivity index (χ1v) is 7.66. The van der Waals surface area contributed by atoms with Crippen molar-refractivity contribution in [3.05, 3.63) is 69.6 Å². The van der Waals surface area contributed by atoms with E-state index in [9.17, 15) is 4.79 Å². The molecule has 2 aromatic carbocycles. The Kier molecular flexibility index (Phi) is 5.92. The van der Waals surface area contributed by atoms with Gasteiger partial charge < -0.3 is 21.6 Å². The molecule has 0 aromatic heterocycles. The average Bonchev–Trinajstić information content (AvgIpc) is 2.56. The maximum atomic E-state index is 10.9. The van der Waals surface area contributed by atoms with E-state index >= 15 is 0 Å². The molecule has 0 aliphatic rings. The maximum absolute atomic E-state index is 10.9. The van der Waals surface area contributed by atoms with Gasteiger partial charge in [0.05, 0.1) is 10.0 Å². The molecule has 0 spiro atoms. The van der Waals surface area contributed by atoms with Gasteiger partial charge in [-0.25, -0.2) is 4.79 Å². The van der Waals surface area contributed by atoms with E-state index in [0.29, 0.717) is 16.6 Å². The van der Waals surface area contributed by atoms with Gasteiger partial charge in [-0.1, -0.05) is 53.5 Å². The van der Waals surface area contributed by atoms with Crippen LogP contribution in [0.25, 0.3) is 11.1 Å². The lowest BCUT2D eigenvalue weighted by molar-refractivity contribution is -0.133. The van der Waals surface area contributed by atoms with Crippen LogP contribution < -0.4 is 22.3 Å². The largest absolute Gasteiger partial charge is 0.476 e. The number of hydrazine groups is 1. The molecule has 2 rings (SSSR count). The molecular formula is C16H16Cl2N4O2. The highest BCUT2D eigenvalue weighted by molar-refractivity contribution is 6.42. The van der Waals surface area contributed by atoms with E-state index in [-0.39, 0.29) is 11.5 Å². The zero-order chi connectivity index (χ0) is 17.7. The fourth-order valence-corrected chi connectivity index (χ4v) is 2.33. The lowest BCUT2D eigenvalue weighted by atomic mass is 10.0. The van der Waals surface area contributed by atoms with Gasteiger partial charge in [0.1, 0.15) is 5.82 Å². The fourth-order valence-electron chi connectivity index (χ4n) is 2.03. The number of nitrogens with two attached hydrogens (primary N) is 2. The van der Waals surface area contributed by atoms with Crippen LogP contribution in [0, 0.1) is 0 Å². The van der Waals surface area contributed by atoms with Crippen molar-refractivity contribution in [2.75, 3.05) is 0 Å². The minimum atomic E-state index is -1.24. The third-order valence-electron chi connectivity index (χ3n) is 3.32. The summed E-state index contributed by atoms with van der Waals surface area (Å²) in [6, 6.07) is 13.1. The van der Waals surface area contributed by atoms with E-state index in [0.717, 1.165) is 16.7 Å². The second-order valence-corrected chi connectivity index (χ2v) is 5.73. The highest BCUT2D eigenvalue weighted by Crippen LogP contribution is 2.28. The summed E-state index contributed by atoms with van der Waals surface area (Å²) < 4.78 is 0. The van der Waals surface area contributed by atoms with Crippen LogP contribution in [0.4, 0.5) is 0 Å². The third kappa shape index (κ3) is 4.32. The average molecular weight is 367 g/mol. The van der Waals surface area contributed by atoms with Crippen molar-refractivity contribution >= 4 is 29.2 Å². The van der Waals surface area contributed by atoms with Crippen molar-refractivity contribution in [2.24, 2.45) is 11.6 Å². The van der Waals surface area contributed by atoms with Crippen molar-refractivity contribution in [3.63, 3.8) is 0 Å². The van der Waals surface area contributed by atoms with Gasteiger partial charge in [-0.15, -0.1) is 0 Å².